The minimum absolute atomic E-state index is 0.991. The zero-order valence-corrected chi connectivity index (χ0v) is 14.1. The van der Waals surface area contributed by atoms with Crippen LogP contribution in [0.25, 0.3) is 10.1 Å². The van der Waals surface area contributed by atoms with Crippen LogP contribution in [0.1, 0.15) is 11.1 Å². The molecule has 1 aliphatic heterocycles. The van der Waals surface area contributed by atoms with E-state index in [-0.39, 0.29) is 0 Å². The fourth-order valence-electron chi connectivity index (χ4n) is 3.12. The summed E-state index contributed by atoms with van der Waals surface area (Å²) >= 11 is 1.60. The average molecular weight is 324 g/mol. The van der Waals surface area contributed by atoms with Gasteiger partial charge in [0.15, 0.2) is 0 Å². The first kappa shape index (κ1) is 14.6. The topological polar surface area (TPSA) is 32.3 Å². The van der Waals surface area contributed by atoms with Gasteiger partial charge in [0.25, 0.3) is 0 Å². The highest BCUT2D eigenvalue weighted by atomic mass is 32.1. The number of hydrogen-bond acceptors (Lipinski definition) is 5. The van der Waals surface area contributed by atoms with E-state index in [9.17, 15) is 0 Å². The molecular formula is C18H20N4S. The molecule has 2 aromatic heterocycles. The number of fused-ring (bicyclic) bond motifs is 1. The van der Waals surface area contributed by atoms with Gasteiger partial charge in [0.2, 0.25) is 0 Å². The minimum Gasteiger partial charge on any atom is -0.353 e. The molecule has 23 heavy (non-hydrogen) atoms. The molecule has 0 spiro atoms. The zero-order chi connectivity index (χ0) is 15.6. The van der Waals surface area contributed by atoms with Crippen molar-refractivity contribution in [3.63, 3.8) is 0 Å². The maximum atomic E-state index is 4.68. The van der Waals surface area contributed by atoms with Crippen LogP contribution in [0.2, 0.25) is 0 Å². The van der Waals surface area contributed by atoms with Gasteiger partial charge in [-0.25, -0.2) is 0 Å². The fourth-order valence-corrected chi connectivity index (χ4v) is 3.92. The smallest absolute Gasteiger partial charge is 0.150 e. The molecule has 4 rings (SSSR count). The number of rotatable bonds is 3. The lowest BCUT2D eigenvalue weighted by atomic mass is 10.1. The lowest BCUT2D eigenvalue weighted by Crippen LogP contribution is -2.46. The van der Waals surface area contributed by atoms with Gasteiger partial charge < -0.3 is 4.90 Å². The van der Waals surface area contributed by atoms with Crippen molar-refractivity contribution in [2.45, 2.75) is 13.5 Å². The first-order valence-corrected chi connectivity index (χ1v) is 8.80. The van der Waals surface area contributed by atoms with Crippen LogP contribution < -0.4 is 4.90 Å². The molecule has 5 heteroatoms. The number of benzene rings is 1. The van der Waals surface area contributed by atoms with Crippen molar-refractivity contribution in [2.75, 3.05) is 31.1 Å². The third kappa shape index (κ3) is 2.94. The molecule has 0 bridgehead atoms. The molecule has 0 aliphatic carbocycles. The van der Waals surface area contributed by atoms with Gasteiger partial charge in [-0.3, -0.25) is 9.88 Å². The van der Waals surface area contributed by atoms with Gasteiger partial charge >= 0.3 is 0 Å². The Hall–Kier alpha value is -1.98. The predicted molar refractivity (Wildman–Crippen MR) is 96.1 cm³/mol. The highest BCUT2D eigenvalue weighted by molar-refractivity contribution is 7.13. The Bertz CT molecular complexity index is 805. The molecule has 3 aromatic rings. The summed E-state index contributed by atoms with van der Waals surface area (Å²) in [6.07, 6.45) is 3.86. The van der Waals surface area contributed by atoms with E-state index in [4.69, 9.17) is 0 Å². The summed E-state index contributed by atoms with van der Waals surface area (Å²) in [4.78, 5) is 9.19. The second-order valence-corrected chi connectivity index (χ2v) is 6.87. The molecule has 1 saturated heterocycles. The number of aromatic nitrogens is 2. The SMILES string of the molecule is Cc1ccncc1CN1CCN(c2nsc3ccccc23)CC1. The molecule has 1 fully saturated rings. The number of pyridine rings is 1. The van der Waals surface area contributed by atoms with Crippen LogP contribution in [0.15, 0.2) is 42.7 Å². The van der Waals surface area contributed by atoms with Crippen molar-refractivity contribution in [3.8, 4) is 0 Å². The average Bonchev–Trinajstić information content (AvgIpc) is 3.02. The highest BCUT2D eigenvalue weighted by Gasteiger charge is 2.21. The molecule has 3 heterocycles. The summed E-state index contributed by atoms with van der Waals surface area (Å²) in [5.74, 6) is 1.16. The van der Waals surface area contributed by atoms with E-state index in [0.717, 1.165) is 38.5 Å². The van der Waals surface area contributed by atoms with E-state index in [2.05, 4.69) is 56.4 Å². The second kappa shape index (κ2) is 6.26. The summed E-state index contributed by atoms with van der Waals surface area (Å²) in [7, 11) is 0. The van der Waals surface area contributed by atoms with Crippen molar-refractivity contribution in [1.82, 2.24) is 14.3 Å². The molecule has 0 saturated carbocycles. The van der Waals surface area contributed by atoms with Crippen LogP contribution in [0, 0.1) is 6.92 Å². The molecule has 118 valence electrons. The van der Waals surface area contributed by atoms with E-state index in [1.165, 1.54) is 21.2 Å². The van der Waals surface area contributed by atoms with E-state index in [0.29, 0.717) is 0 Å². The monoisotopic (exact) mass is 324 g/mol. The van der Waals surface area contributed by atoms with Crippen LogP contribution in [-0.2, 0) is 6.54 Å². The maximum absolute atomic E-state index is 4.68. The molecule has 4 nitrogen and oxygen atoms in total. The molecular weight excluding hydrogens is 304 g/mol. The van der Waals surface area contributed by atoms with E-state index < -0.39 is 0 Å². The fraction of sp³-hybridized carbons (Fsp3) is 0.333. The zero-order valence-electron chi connectivity index (χ0n) is 13.3. The van der Waals surface area contributed by atoms with Gasteiger partial charge in [-0.05, 0) is 47.8 Å². The van der Waals surface area contributed by atoms with Crippen molar-refractivity contribution >= 4 is 27.4 Å². The Morgan fingerprint density at radius 3 is 2.74 bits per heavy atom. The van der Waals surface area contributed by atoms with Gasteiger partial charge in [0.1, 0.15) is 5.82 Å². The summed E-state index contributed by atoms with van der Waals surface area (Å²) < 4.78 is 5.96. The van der Waals surface area contributed by atoms with Gasteiger partial charge in [0.05, 0.1) is 4.70 Å². The first-order chi connectivity index (χ1) is 11.3. The molecule has 0 N–H and O–H groups in total. The van der Waals surface area contributed by atoms with E-state index in [1.54, 1.807) is 11.5 Å². The first-order valence-electron chi connectivity index (χ1n) is 8.02. The van der Waals surface area contributed by atoms with Gasteiger partial charge in [-0.2, -0.15) is 4.37 Å². The van der Waals surface area contributed by atoms with Crippen LogP contribution in [0.4, 0.5) is 5.82 Å². The molecule has 1 aromatic carbocycles. The van der Waals surface area contributed by atoms with Gasteiger partial charge in [0, 0.05) is 50.5 Å². The normalized spacial score (nSPS) is 16.1. The van der Waals surface area contributed by atoms with Crippen molar-refractivity contribution < 1.29 is 0 Å². The number of anilines is 1. The third-order valence-corrected chi connectivity index (χ3v) is 5.39. The maximum Gasteiger partial charge on any atom is 0.150 e. The summed E-state index contributed by atoms with van der Waals surface area (Å²) in [6.45, 7) is 7.36. The van der Waals surface area contributed by atoms with Crippen LogP contribution in [0.5, 0.6) is 0 Å². The summed E-state index contributed by atoms with van der Waals surface area (Å²) in [5, 5.41) is 1.29. The minimum atomic E-state index is 0.991. The third-order valence-electron chi connectivity index (χ3n) is 4.57. The van der Waals surface area contributed by atoms with Gasteiger partial charge in [-0.15, -0.1) is 0 Å². The van der Waals surface area contributed by atoms with Crippen molar-refractivity contribution in [1.29, 1.82) is 0 Å². The van der Waals surface area contributed by atoms with E-state index >= 15 is 0 Å². The quantitative estimate of drug-likeness (QED) is 0.740. The Kier molecular flexibility index (Phi) is 3.97. The molecule has 0 radical (unpaired) electrons. The van der Waals surface area contributed by atoms with Crippen LogP contribution in [-0.4, -0.2) is 40.4 Å². The molecule has 0 unspecified atom stereocenters. The molecule has 1 aliphatic rings. The predicted octanol–water partition coefficient (Wildman–Crippen LogP) is 3.32. The molecule has 0 atom stereocenters. The molecule has 0 amide bonds. The second-order valence-electron chi connectivity index (χ2n) is 6.07. The summed E-state index contributed by atoms with van der Waals surface area (Å²) in [5.41, 5.74) is 2.66. The standard InChI is InChI=1S/C18H20N4S/c1-14-6-7-19-12-15(14)13-21-8-10-22(11-9-21)18-16-4-2-3-5-17(16)23-20-18/h2-7,12H,8-11,13H2,1H3. The van der Waals surface area contributed by atoms with Crippen molar-refractivity contribution in [2.24, 2.45) is 0 Å². The van der Waals surface area contributed by atoms with Crippen LogP contribution in [0.3, 0.4) is 0 Å². The van der Waals surface area contributed by atoms with Crippen molar-refractivity contribution in [3.05, 3.63) is 53.9 Å². The number of nitrogens with zero attached hydrogens (tertiary/aromatic N) is 4. The Labute approximate surface area is 140 Å². The number of aryl methyl sites for hydroxylation is 1. The van der Waals surface area contributed by atoms with E-state index in [1.807, 2.05) is 12.4 Å². The highest BCUT2D eigenvalue weighted by Crippen LogP contribution is 2.29. The summed E-state index contributed by atoms with van der Waals surface area (Å²) in [6, 6.07) is 10.6. The lowest BCUT2D eigenvalue weighted by molar-refractivity contribution is 0.249. The van der Waals surface area contributed by atoms with Gasteiger partial charge in [-0.1, -0.05) is 12.1 Å². The lowest BCUT2D eigenvalue weighted by Gasteiger charge is -2.35. The Morgan fingerprint density at radius 1 is 1.09 bits per heavy atom. The Balaban J connectivity index is 1.44. The van der Waals surface area contributed by atoms with Crippen LogP contribution >= 0.6 is 11.5 Å². The largest absolute Gasteiger partial charge is 0.353 e. The number of piperazine rings is 1. The number of hydrogen-bond donors (Lipinski definition) is 0. The Morgan fingerprint density at radius 2 is 1.91 bits per heavy atom.